The molecule has 9 nitrogen and oxygen atoms in total. The van der Waals surface area contributed by atoms with Crippen molar-refractivity contribution >= 4 is 11.8 Å². The highest BCUT2D eigenvalue weighted by atomic mass is 19.1. The predicted molar refractivity (Wildman–Crippen MR) is 99.5 cm³/mol. The lowest BCUT2D eigenvalue weighted by atomic mass is 10.1. The van der Waals surface area contributed by atoms with Crippen LogP contribution in [0.25, 0.3) is 0 Å². The summed E-state index contributed by atoms with van der Waals surface area (Å²) < 4.78 is 28.0. The highest BCUT2D eigenvalue weighted by molar-refractivity contribution is 6.00. The van der Waals surface area contributed by atoms with Crippen molar-refractivity contribution in [3.05, 3.63) is 62.6 Å². The first kappa shape index (κ1) is 19.8. The van der Waals surface area contributed by atoms with Crippen molar-refractivity contribution in [1.29, 1.82) is 0 Å². The Hall–Kier alpha value is -3.47. The molecule has 158 valence electrons. The van der Waals surface area contributed by atoms with Gasteiger partial charge in [-0.1, -0.05) is 6.07 Å². The SMILES string of the molecule is CCN1CN2CC(O)c3c(C(=O)NCc4ccc(F)cc4F)c(=O)c(O)c(n32)C1=O. The molecular formula is C19H18F2N4O5. The van der Waals surface area contributed by atoms with Crippen molar-refractivity contribution in [2.45, 2.75) is 19.6 Å². The molecule has 11 heteroatoms. The summed E-state index contributed by atoms with van der Waals surface area (Å²) in [6, 6.07) is 2.83. The number of halogens is 2. The van der Waals surface area contributed by atoms with Crippen LogP contribution in [0.3, 0.4) is 0 Å². The topological polar surface area (TPSA) is 115 Å². The summed E-state index contributed by atoms with van der Waals surface area (Å²) in [6.07, 6.45) is -1.26. The molecule has 0 radical (unpaired) electrons. The van der Waals surface area contributed by atoms with Crippen LogP contribution < -0.4 is 15.8 Å². The molecule has 0 saturated heterocycles. The molecule has 2 aliphatic heterocycles. The van der Waals surface area contributed by atoms with Crippen molar-refractivity contribution in [2.24, 2.45) is 0 Å². The number of aliphatic hydroxyl groups excluding tert-OH is 1. The van der Waals surface area contributed by atoms with Crippen molar-refractivity contribution in [3.63, 3.8) is 0 Å². The third-order valence-corrected chi connectivity index (χ3v) is 5.23. The van der Waals surface area contributed by atoms with Crippen LogP contribution in [0.1, 0.15) is 45.1 Å². The third-order valence-electron chi connectivity index (χ3n) is 5.23. The minimum absolute atomic E-state index is 0.00649. The van der Waals surface area contributed by atoms with Crippen LogP contribution >= 0.6 is 0 Å². The zero-order valence-electron chi connectivity index (χ0n) is 15.9. The fourth-order valence-corrected chi connectivity index (χ4v) is 3.75. The second kappa shape index (κ2) is 7.10. The van der Waals surface area contributed by atoms with E-state index in [9.17, 15) is 33.4 Å². The monoisotopic (exact) mass is 420 g/mol. The molecule has 1 aromatic carbocycles. The van der Waals surface area contributed by atoms with E-state index in [1.807, 2.05) is 0 Å². The normalized spacial score (nSPS) is 17.3. The zero-order valence-corrected chi connectivity index (χ0v) is 15.9. The second-order valence-electron chi connectivity index (χ2n) is 7.02. The van der Waals surface area contributed by atoms with Crippen LogP contribution in [0.4, 0.5) is 8.78 Å². The summed E-state index contributed by atoms with van der Waals surface area (Å²) in [7, 11) is 0. The minimum Gasteiger partial charge on any atom is -0.502 e. The van der Waals surface area contributed by atoms with Gasteiger partial charge in [-0.2, -0.15) is 0 Å². The molecule has 3 heterocycles. The number of rotatable bonds is 4. The zero-order chi connectivity index (χ0) is 21.7. The Balaban J connectivity index is 1.75. The maximum atomic E-state index is 13.8. The van der Waals surface area contributed by atoms with Crippen LogP contribution in [0.5, 0.6) is 5.75 Å². The van der Waals surface area contributed by atoms with Gasteiger partial charge < -0.3 is 20.4 Å². The van der Waals surface area contributed by atoms with Crippen LogP contribution in [0.2, 0.25) is 0 Å². The molecular weight excluding hydrogens is 402 g/mol. The van der Waals surface area contributed by atoms with Crippen molar-refractivity contribution in [3.8, 4) is 5.75 Å². The maximum Gasteiger partial charge on any atom is 0.277 e. The van der Waals surface area contributed by atoms with E-state index in [0.717, 1.165) is 12.1 Å². The molecule has 0 spiro atoms. The first-order chi connectivity index (χ1) is 14.2. The van der Waals surface area contributed by atoms with Crippen LogP contribution in [-0.4, -0.2) is 51.4 Å². The number of nitrogens with one attached hydrogen (secondary N) is 1. The fraction of sp³-hybridized carbons (Fsp3) is 0.316. The Kier molecular flexibility index (Phi) is 4.69. The van der Waals surface area contributed by atoms with Crippen LogP contribution in [-0.2, 0) is 6.54 Å². The first-order valence-electron chi connectivity index (χ1n) is 9.21. The summed E-state index contributed by atoms with van der Waals surface area (Å²) in [5.74, 6) is -4.11. The second-order valence-corrected chi connectivity index (χ2v) is 7.02. The number of carbonyl (C=O) groups is 2. The van der Waals surface area contributed by atoms with E-state index in [0.29, 0.717) is 12.6 Å². The van der Waals surface area contributed by atoms with Gasteiger partial charge in [-0.25, -0.2) is 13.5 Å². The highest BCUT2D eigenvalue weighted by Crippen LogP contribution is 2.32. The molecule has 0 aliphatic carbocycles. The molecule has 0 saturated carbocycles. The van der Waals surface area contributed by atoms with E-state index in [2.05, 4.69) is 5.32 Å². The average molecular weight is 420 g/mol. The summed E-state index contributed by atoms with van der Waals surface area (Å²) in [5.41, 5.74) is -2.10. The summed E-state index contributed by atoms with van der Waals surface area (Å²) in [4.78, 5) is 39.5. The molecule has 2 aliphatic rings. The number of aliphatic hydroxyl groups is 1. The highest BCUT2D eigenvalue weighted by Gasteiger charge is 2.43. The Morgan fingerprint density at radius 2 is 2.03 bits per heavy atom. The summed E-state index contributed by atoms with van der Waals surface area (Å²) >= 11 is 0. The van der Waals surface area contributed by atoms with Gasteiger partial charge in [0.25, 0.3) is 11.8 Å². The van der Waals surface area contributed by atoms with E-state index in [-0.39, 0.29) is 36.7 Å². The summed E-state index contributed by atoms with van der Waals surface area (Å²) in [6.45, 7) is 1.81. The lowest BCUT2D eigenvalue weighted by Gasteiger charge is -2.36. The molecule has 30 heavy (non-hydrogen) atoms. The standard InChI is InChI=1S/C19H18F2N4O5/c1-2-23-8-24-7-12(26)14-13(16(27)17(28)15(19(23)30)25(14)24)18(29)22-6-9-3-4-10(20)5-11(9)21/h3-5,12,26,28H,2,6-8H2,1H3,(H,22,29). The van der Waals surface area contributed by atoms with Crippen molar-refractivity contribution < 1.29 is 28.6 Å². The molecule has 1 atom stereocenters. The number of aromatic hydroxyl groups is 1. The molecule has 1 unspecified atom stereocenters. The van der Waals surface area contributed by atoms with Gasteiger partial charge in [0.05, 0.1) is 12.2 Å². The number of pyridine rings is 1. The average Bonchev–Trinajstić information content (AvgIpc) is 3.02. The largest absolute Gasteiger partial charge is 0.502 e. The molecule has 0 fully saturated rings. The van der Waals surface area contributed by atoms with Crippen molar-refractivity contribution in [1.82, 2.24) is 14.9 Å². The van der Waals surface area contributed by atoms with Crippen LogP contribution in [0, 0.1) is 11.6 Å². The van der Waals surface area contributed by atoms with E-state index in [1.165, 1.54) is 14.6 Å². The van der Waals surface area contributed by atoms with Gasteiger partial charge in [0.1, 0.15) is 30.0 Å². The van der Waals surface area contributed by atoms with Gasteiger partial charge >= 0.3 is 0 Å². The Labute approximate surface area is 168 Å². The number of carbonyl (C=O) groups excluding carboxylic acids is 2. The number of amides is 2. The number of aromatic nitrogens is 1. The number of hydrogen-bond donors (Lipinski definition) is 3. The van der Waals surface area contributed by atoms with Gasteiger partial charge in [-0.3, -0.25) is 19.4 Å². The van der Waals surface area contributed by atoms with E-state index in [4.69, 9.17) is 0 Å². The smallest absolute Gasteiger partial charge is 0.277 e. The first-order valence-corrected chi connectivity index (χ1v) is 9.21. The lowest BCUT2D eigenvalue weighted by molar-refractivity contribution is 0.0700. The Morgan fingerprint density at radius 3 is 2.70 bits per heavy atom. The Bertz CT molecular complexity index is 1130. The van der Waals surface area contributed by atoms with Crippen molar-refractivity contribution in [2.75, 3.05) is 24.8 Å². The van der Waals surface area contributed by atoms with E-state index < -0.39 is 46.3 Å². The fourth-order valence-electron chi connectivity index (χ4n) is 3.75. The Morgan fingerprint density at radius 1 is 1.30 bits per heavy atom. The number of benzene rings is 1. The minimum atomic E-state index is -1.26. The van der Waals surface area contributed by atoms with Gasteiger partial charge in [0.2, 0.25) is 5.43 Å². The van der Waals surface area contributed by atoms with E-state index >= 15 is 0 Å². The van der Waals surface area contributed by atoms with Gasteiger partial charge in [-0.15, -0.1) is 0 Å². The molecule has 4 rings (SSSR count). The molecule has 0 bridgehead atoms. The summed E-state index contributed by atoms with van der Waals surface area (Å²) in [5, 5.41) is 24.8. The molecule has 1 aromatic heterocycles. The predicted octanol–water partition coefficient (Wildman–Crippen LogP) is 0.180. The lowest BCUT2D eigenvalue weighted by Crippen LogP contribution is -2.52. The van der Waals surface area contributed by atoms with Crippen LogP contribution in [0.15, 0.2) is 23.0 Å². The van der Waals surface area contributed by atoms with Gasteiger partial charge in [0, 0.05) is 24.7 Å². The molecule has 2 aromatic rings. The number of nitrogens with zero attached hydrogens (tertiary/aromatic N) is 3. The molecule has 2 amide bonds. The quantitative estimate of drug-likeness (QED) is 0.650. The molecule has 3 N–H and O–H groups in total. The number of hydrogen-bond acceptors (Lipinski definition) is 6. The van der Waals surface area contributed by atoms with Gasteiger partial charge in [-0.05, 0) is 13.0 Å². The van der Waals surface area contributed by atoms with Gasteiger partial charge in [0.15, 0.2) is 11.4 Å². The maximum absolute atomic E-state index is 13.8. The third kappa shape index (κ3) is 2.89. The van der Waals surface area contributed by atoms with E-state index in [1.54, 1.807) is 6.92 Å².